The molecule has 0 atom stereocenters. The van der Waals surface area contributed by atoms with Gasteiger partial charge in [0.25, 0.3) is 0 Å². The smallest absolute Gasteiger partial charge is 0.162 e. The first-order valence-electron chi connectivity index (χ1n) is 7.55. The molecule has 0 saturated heterocycles. The van der Waals surface area contributed by atoms with Gasteiger partial charge in [-0.3, -0.25) is 4.98 Å². The average Bonchev–Trinajstić information content (AvgIpc) is 2.99. The van der Waals surface area contributed by atoms with Crippen LogP contribution in [0.3, 0.4) is 0 Å². The number of nitrogens with zero attached hydrogens (tertiary/aromatic N) is 4. The Morgan fingerprint density at radius 3 is 2.65 bits per heavy atom. The van der Waals surface area contributed by atoms with Gasteiger partial charge in [-0.2, -0.15) is 5.10 Å². The maximum atomic E-state index is 4.61. The van der Waals surface area contributed by atoms with E-state index in [1.165, 1.54) is 11.1 Å². The molecule has 23 heavy (non-hydrogen) atoms. The summed E-state index contributed by atoms with van der Waals surface area (Å²) < 4.78 is 1.90. The van der Waals surface area contributed by atoms with Crippen LogP contribution < -0.4 is 0 Å². The first kappa shape index (κ1) is 13.6. The van der Waals surface area contributed by atoms with Crippen LogP contribution in [0.1, 0.15) is 11.1 Å². The van der Waals surface area contributed by atoms with Crippen LogP contribution >= 0.6 is 0 Å². The van der Waals surface area contributed by atoms with Crippen molar-refractivity contribution in [2.45, 2.75) is 13.8 Å². The highest BCUT2D eigenvalue weighted by atomic mass is 15.3. The Morgan fingerprint density at radius 1 is 0.913 bits per heavy atom. The first-order valence-corrected chi connectivity index (χ1v) is 7.55. The van der Waals surface area contributed by atoms with Crippen LogP contribution in [0.15, 0.2) is 61.2 Å². The van der Waals surface area contributed by atoms with Gasteiger partial charge in [0.2, 0.25) is 0 Å². The summed E-state index contributed by atoms with van der Waals surface area (Å²) in [5.74, 6) is 0. The first-order chi connectivity index (χ1) is 11.2. The van der Waals surface area contributed by atoms with Crippen molar-refractivity contribution in [3.8, 4) is 22.4 Å². The van der Waals surface area contributed by atoms with Gasteiger partial charge in [0.15, 0.2) is 5.65 Å². The van der Waals surface area contributed by atoms with Crippen LogP contribution in [0.4, 0.5) is 0 Å². The zero-order valence-electron chi connectivity index (χ0n) is 13.1. The van der Waals surface area contributed by atoms with E-state index >= 15 is 0 Å². The highest BCUT2D eigenvalue weighted by Gasteiger charge is 2.13. The number of aryl methyl sites for hydroxylation is 2. The number of hydrogen-bond acceptors (Lipinski definition) is 3. The molecule has 0 N–H and O–H groups in total. The average molecular weight is 300 g/mol. The molecular weight excluding hydrogens is 284 g/mol. The van der Waals surface area contributed by atoms with Crippen molar-refractivity contribution in [2.75, 3.05) is 0 Å². The van der Waals surface area contributed by atoms with Crippen molar-refractivity contribution in [2.24, 2.45) is 0 Å². The van der Waals surface area contributed by atoms with Crippen LogP contribution in [0, 0.1) is 13.8 Å². The standard InChI is InChI=1S/C19H16N4/c1-13-4-3-5-15(10-13)18-12-21-19-16(7-9-22-23(18)19)17-11-20-8-6-14(17)2/h3-12H,1-2H3. The molecule has 0 saturated carbocycles. The summed E-state index contributed by atoms with van der Waals surface area (Å²) in [5.41, 5.74) is 7.48. The summed E-state index contributed by atoms with van der Waals surface area (Å²) in [4.78, 5) is 8.86. The third-order valence-corrected chi connectivity index (χ3v) is 4.05. The molecule has 4 nitrogen and oxygen atoms in total. The number of imidazole rings is 1. The minimum atomic E-state index is 0.847. The van der Waals surface area contributed by atoms with Crippen molar-refractivity contribution in [3.63, 3.8) is 0 Å². The molecule has 0 fully saturated rings. The molecule has 3 heterocycles. The molecule has 0 amide bonds. The minimum absolute atomic E-state index is 0.847. The summed E-state index contributed by atoms with van der Waals surface area (Å²) in [6.45, 7) is 4.17. The van der Waals surface area contributed by atoms with E-state index < -0.39 is 0 Å². The van der Waals surface area contributed by atoms with E-state index in [0.717, 1.165) is 28.0 Å². The van der Waals surface area contributed by atoms with Crippen LogP contribution in [0.5, 0.6) is 0 Å². The third-order valence-electron chi connectivity index (χ3n) is 4.05. The van der Waals surface area contributed by atoms with Gasteiger partial charge in [0.1, 0.15) is 0 Å². The van der Waals surface area contributed by atoms with Crippen LogP contribution in [0.25, 0.3) is 28.0 Å². The minimum Gasteiger partial charge on any atom is -0.264 e. The lowest BCUT2D eigenvalue weighted by Gasteiger charge is -2.07. The predicted molar refractivity (Wildman–Crippen MR) is 91.1 cm³/mol. The fraction of sp³-hybridized carbons (Fsp3) is 0.105. The van der Waals surface area contributed by atoms with E-state index in [0.29, 0.717) is 0 Å². The fourth-order valence-corrected chi connectivity index (χ4v) is 2.85. The Balaban J connectivity index is 1.96. The van der Waals surface area contributed by atoms with Gasteiger partial charge in [-0.25, -0.2) is 9.50 Å². The van der Waals surface area contributed by atoms with Gasteiger partial charge in [-0.05, 0) is 37.6 Å². The Morgan fingerprint density at radius 2 is 1.83 bits per heavy atom. The number of pyridine rings is 1. The van der Waals surface area contributed by atoms with Crippen molar-refractivity contribution < 1.29 is 0 Å². The number of rotatable bonds is 2. The molecule has 4 heteroatoms. The number of fused-ring (bicyclic) bond motifs is 1. The Bertz CT molecular complexity index is 1000. The maximum Gasteiger partial charge on any atom is 0.162 e. The molecule has 0 radical (unpaired) electrons. The summed E-state index contributed by atoms with van der Waals surface area (Å²) in [5, 5.41) is 4.50. The Labute approximate surface area is 134 Å². The summed E-state index contributed by atoms with van der Waals surface area (Å²) >= 11 is 0. The van der Waals surface area contributed by atoms with Gasteiger partial charge in [-0.1, -0.05) is 23.8 Å². The molecule has 4 rings (SSSR count). The second-order valence-corrected chi connectivity index (χ2v) is 5.68. The second-order valence-electron chi connectivity index (χ2n) is 5.68. The topological polar surface area (TPSA) is 43.1 Å². The lowest BCUT2D eigenvalue weighted by Crippen LogP contribution is -1.96. The Hall–Kier alpha value is -3.01. The molecule has 0 bridgehead atoms. The van der Waals surface area contributed by atoms with Gasteiger partial charge in [0, 0.05) is 35.3 Å². The molecule has 0 unspecified atom stereocenters. The Kier molecular flexibility index (Phi) is 3.15. The largest absolute Gasteiger partial charge is 0.264 e. The van der Waals surface area contributed by atoms with Crippen molar-refractivity contribution in [1.82, 2.24) is 19.6 Å². The summed E-state index contributed by atoms with van der Waals surface area (Å²) in [6.07, 6.45) is 7.38. The zero-order valence-corrected chi connectivity index (χ0v) is 13.1. The van der Waals surface area contributed by atoms with E-state index in [1.807, 2.05) is 35.2 Å². The molecule has 0 aliphatic heterocycles. The highest BCUT2D eigenvalue weighted by Crippen LogP contribution is 2.28. The number of benzene rings is 1. The van der Waals surface area contributed by atoms with E-state index in [-0.39, 0.29) is 0 Å². The quantitative estimate of drug-likeness (QED) is 0.560. The molecule has 4 aromatic rings. The van der Waals surface area contributed by atoms with Crippen LogP contribution in [-0.2, 0) is 0 Å². The normalized spacial score (nSPS) is 11.0. The van der Waals surface area contributed by atoms with Crippen molar-refractivity contribution in [1.29, 1.82) is 0 Å². The molecule has 1 aromatic carbocycles. The van der Waals surface area contributed by atoms with Crippen molar-refractivity contribution in [3.05, 3.63) is 72.3 Å². The van der Waals surface area contributed by atoms with Gasteiger partial charge < -0.3 is 0 Å². The molecular formula is C19H16N4. The number of hydrogen-bond donors (Lipinski definition) is 0. The van der Waals surface area contributed by atoms with Gasteiger partial charge >= 0.3 is 0 Å². The van der Waals surface area contributed by atoms with Crippen LogP contribution in [0.2, 0.25) is 0 Å². The lowest BCUT2D eigenvalue weighted by atomic mass is 10.1. The fourth-order valence-electron chi connectivity index (χ4n) is 2.85. The van der Waals surface area contributed by atoms with Gasteiger partial charge in [-0.15, -0.1) is 0 Å². The second kappa shape index (κ2) is 5.32. The third kappa shape index (κ3) is 2.28. The lowest BCUT2D eigenvalue weighted by molar-refractivity contribution is 0.943. The monoisotopic (exact) mass is 300 g/mol. The molecule has 0 spiro atoms. The summed E-state index contributed by atoms with van der Waals surface area (Å²) in [6, 6.07) is 12.4. The van der Waals surface area contributed by atoms with E-state index in [9.17, 15) is 0 Å². The maximum absolute atomic E-state index is 4.61. The van der Waals surface area contributed by atoms with Crippen molar-refractivity contribution >= 4 is 5.65 Å². The SMILES string of the molecule is Cc1cccc(-c2cnc3c(-c4cnccc4C)ccnn23)c1. The van der Waals surface area contributed by atoms with E-state index in [4.69, 9.17) is 0 Å². The zero-order chi connectivity index (χ0) is 15.8. The van der Waals surface area contributed by atoms with Gasteiger partial charge in [0.05, 0.1) is 11.9 Å². The summed E-state index contributed by atoms with van der Waals surface area (Å²) in [7, 11) is 0. The molecule has 0 aliphatic rings. The van der Waals surface area contributed by atoms with Crippen LogP contribution in [-0.4, -0.2) is 19.6 Å². The molecule has 112 valence electrons. The highest BCUT2D eigenvalue weighted by molar-refractivity contribution is 5.80. The molecule has 3 aromatic heterocycles. The predicted octanol–water partition coefficient (Wildman–Crippen LogP) is 4.08. The number of aromatic nitrogens is 4. The van der Waals surface area contributed by atoms with E-state index in [1.54, 1.807) is 6.20 Å². The molecule has 0 aliphatic carbocycles. The van der Waals surface area contributed by atoms with E-state index in [2.05, 4.69) is 53.2 Å².